The summed E-state index contributed by atoms with van der Waals surface area (Å²) in [5.41, 5.74) is 2.67. The summed E-state index contributed by atoms with van der Waals surface area (Å²) < 4.78 is 0. The standard InChI is InChI=1S/C16H28O2/c1-2-3-4-5-6-7-8-9-10-11-12-13-14-15-16(17)18/h13,15H,2-12H2,1H3,(H,17,18). The number of hydrogen-bond acceptors (Lipinski definition) is 1. The van der Waals surface area contributed by atoms with Gasteiger partial charge in [0.25, 0.3) is 0 Å². The third-order valence-corrected chi connectivity index (χ3v) is 3.03. The molecule has 0 aliphatic rings. The number of hydrogen-bond donors (Lipinski definition) is 1. The summed E-state index contributed by atoms with van der Waals surface area (Å²) in [7, 11) is 0. The fourth-order valence-electron chi connectivity index (χ4n) is 1.95. The highest BCUT2D eigenvalue weighted by Gasteiger charge is 1.91. The second-order valence-corrected chi connectivity index (χ2v) is 4.82. The molecule has 0 heterocycles. The molecular weight excluding hydrogens is 224 g/mol. The van der Waals surface area contributed by atoms with Gasteiger partial charge in [-0.25, -0.2) is 4.79 Å². The summed E-state index contributed by atoms with van der Waals surface area (Å²) in [5, 5.41) is 8.35. The van der Waals surface area contributed by atoms with Gasteiger partial charge in [0.15, 0.2) is 0 Å². The zero-order valence-electron chi connectivity index (χ0n) is 11.8. The van der Waals surface area contributed by atoms with Crippen LogP contribution in [-0.2, 0) is 4.79 Å². The number of aliphatic carboxylic acids is 1. The summed E-state index contributed by atoms with van der Waals surface area (Å²) in [5.74, 6) is -0.922. The van der Waals surface area contributed by atoms with Crippen molar-refractivity contribution in [2.75, 3.05) is 0 Å². The highest BCUT2D eigenvalue weighted by atomic mass is 16.4. The van der Waals surface area contributed by atoms with Crippen LogP contribution < -0.4 is 0 Å². The molecule has 0 aliphatic carbocycles. The van der Waals surface area contributed by atoms with E-state index >= 15 is 0 Å². The molecule has 0 aromatic rings. The van der Waals surface area contributed by atoms with Gasteiger partial charge in [-0.15, -0.1) is 5.73 Å². The van der Waals surface area contributed by atoms with Crippen molar-refractivity contribution >= 4 is 5.97 Å². The highest BCUT2D eigenvalue weighted by molar-refractivity contribution is 5.79. The quantitative estimate of drug-likeness (QED) is 0.298. The van der Waals surface area contributed by atoms with Crippen LogP contribution in [0.1, 0.15) is 77.6 Å². The van der Waals surface area contributed by atoms with Gasteiger partial charge in [-0.1, -0.05) is 64.7 Å². The number of carboxylic acids is 1. The summed E-state index contributed by atoms with van der Waals surface area (Å²) >= 11 is 0. The van der Waals surface area contributed by atoms with Crippen molar-refractivity contribution in [1.82, 2.24) is 0 Å². The molecule has 0 saturated heterocycles. The molecule has 0 aliphatic heterocycles. The lowest BCUT2D eigenvalue weighted by atomic mass is 10.1. The van der Waals surface area contributed by atoms with E-state index in [0.717, 1.165) is 18.9 Å². The number of carboxylic acid groups (broad SMARTS) is 1. The van der Waals surface area contributed by atoms with Gasteiger partial charge in [-0.3, -0.25) is 0 Å². The minimum atomic E-state index is -0.922. The van der Waals surface area contributed by atoms with Crippen LogP contribution in [0.5, 0.6) is 0 Å². The Kier molecular flexibility index (Phi) is 13.3. The zero-order valence-corrected chi connectivity index (χ0v) is 11.8. The molecule has 0 spiro atoms. The molecule has 0 saturated carbocycles. The van der Waals surface area contributed by atoms with Gasteiger partial charge in [0.05, 0.1) is 6.08 Å². The van der Waals surface area contributed by atoms with Crippen LogP contribution in [0.3, 0.4) is 0 Å². The minimum Gasteiger partial charge on any atom is -0.478 e. The summed E-state index contributed by atoms with van der Waals surface area (Å²) in [6.45, 7) is 2.25. The second kappa shape index (κ2) is 14.1. The average Bonchev–Trinajstić information content (AvgIpc) is 2.34. The molecule has 0 rings (SSSR count). The maximum atomic E-state index is 10.2. The molecule has 0 amide bonds. The third kappa shape index (κ3) is 15.0. The van der Waals surface area contributed by atoms with Crippen LogP contribution in [0.4, 0.5) is 0 Å². The Bertz CT molecular complexity index is 250. The molecule has 1 N–H and O–H groups in total. The van der Waals surface area contributed by atoms with Gasteiger partial charge in [0, 0.05) is 0 Å². The van der Waals surface area contributed by atoms with Crippen LogP contribution in [0.25, 0.3) is 0 Å². The molecule has 0 atom stereocenters. The Balaban J connectivity index is 3.12. The third-order valence-electron chi connectivity index (χ3n) is 3.03. The lowest BCUT2D eigenvalue weighted by molar-refractivity contribution is -0.131. The molecule has 0 fully saturated rings. The van der Waals surface area contributed by atoms with Crippen molar-refractivity contribution in [2.24, 2.45) is 0 Å². The van der Waals surface area contributed by atoms with E-state index in [1.165, 1.54) is 57.8 Å². The predicted octanol–water partition coefficient (Wildman–Crippen LogP) is 5.09. The van der Waals surface area contributed by atoms with Crippen molar-refractivity contribution in [1.29, 1.82) is 0 Å². The Labute approximate surface area is 112 Å². The second-order valence-electron chi connectivity index (χ2n) is 4.82. The van der Waals surface area contributed by atoms with Crippen molar-refractivity contribution in [2.45, 2.75) is 77.6 Å². The normalized spacial score (nSPS) is 9.83. The first-order chi connectivity index (χ1) is 8.77. The Morgan fingerprint density at radius 2 is 1.44 bits per heavy atom. The van der Waals surface area contributed by atoms with Gasteiger partial charge in [-0.05, 0) is 18.9 Å². The lowest BCUT2D eigenvalue weighted by Crippen LogP contribution is -1.83. The SMILES string of the molecule is CCCCCCCCCCCCC=C=CC(=O)O. The Morgan fingerprint density at radius 3 is 1.94 bits per heavy atom. The molecule has 0 radical (unpaired) electrons. The van der Waals surface area contributed by atoms with Gasteiger partial charge in [0.2, 0.25) is 0 Å². The monoisotopic (exact) mass is 252 g/mol. The highest BCUT2D eigenvalue weighted by Crippen LogP contribution is 2.11. The first-order valence-corrected chi connectivity index (χ1v) is 7.41. The van der Waals surface area contributed by atoms with E-state index in [4.69, 9.17) is 5.11 Å². The van der Waals surface area contributed by atoms with E-state index in [1.807, 2.05) is 6.08 Å². The van der Waals surface area contributed by atoms with Crippen LogP contribution in [-0.4, -0.2) is 11.1 Å². The molecule has 104 valence electrons. The molecule has 2 heteroatoms. The van der Waals surface area contributed by atoms with Crippen LogP contribution in [0.2, 0.25) is 0 Å². The van der Waals surface area contributed by atoms with Crippen molar-refractivity contribution in [3.8, 4) is 0 Å². The summed E-state index contributed by atoms with van der Waals surface area (Å²) in [6.07, 6.45) is 17.2. The van der Waals surface area contributed by atoms with Crippen LogP contribution >= 0.6 is 0 Å². The van der Waals surface area contributed by atoms with Crippen LogP contribution in [0.15, 0.2) is 17.9 Å². The van der Waals surface area contributed by atoms with Gasteiger partial charge in [0.1, 0.15) is 0 Å². The largest absolute Gasteiger partial charge is 0.478 e. The predicted molar refractivity (Wildman–Crippen MR) is 76.7 cm³/mol. The molecule has 2 nitrogen and oxygen atoms in total. The van der Waals surface area contributed by atoms with Crippen LogP contribution in [0, 0.1) is 0 Å². The van der Waals surface area contributed by atoms with Crippen molar-refractivity contribution in [3.63, 3.8) is 0 Å². The fourth-order valence-corrected chi connectivity index (χ4v) is 1.95. The Morgan fingerprint density at radius 1 is 0.944 bits per heavy atom. The summed E-state index contributed by atoms with van der Waals surface area (Å²) in [4.78, 5) is 10.2. The number of rotatable bonds is 12. The van der Waals surface area contributed by atoms with E-state index in [1.54, 1.807) is 0 Å². The van der Waals surface area contributed by atoms with E-state index in [0.29, 0.717) is 0 Å². The fraction of sp³-hybridized carbons (Fsp3) is 0.750. The molecule has 18 heavy (non-hydrogen) atoms. The lowest BCUT2D eigenvalue weighted by Gasteiger charge is -2.00. The van der Waals surface area contributed by atoms with Gasteiger partial charge in [-0.2, -0.15) is 0 Å². The summed E-state index contributed by atoms with van der Waals surface area (Å²) in [6, 6.07) is 0. The smallest absolute Gasteiger partial charge is 0.336 e. The van der Waals surface area contributed by atoms with E-state index in [-0.39, 0.29) is 0 Å². The maximum absolute atomic E-state index is 10.2. The van der Waals surface area contributed by atoms with Crippen molar-refractivity contribution < 1.29 is 9.90 Å². The maximum Gasteiger partial charge on any atom is 0.336 e. The molecule has 0 bridgehead atoms. The number of unbranched alkanes of at least 4 members (excludes halogenated alkanes) is 10. The minimum absolute atomic E-state index is 0.922. The van der Waals surface area contributed by atoms with E-state index in [2.05, 4.69) is 12.7 Å². The van der Waals surface area contributed by atoms with Crippen molar-refractivity contribution in [3.05, 3.63) is 17.9 Å². The molecular formula is C16H28O2. The first kappa shape index (κ1) is 17.0. The Hall–Kier alpha value is -1.01. The van der Waals surface area contributed by atoms with E-state index in [9.17, 15) is 4.79 Å². The average molecular weight is 252 g/mol. The zero-order chi connectivity index (χ0) is 13.5. The van der Waals surface area contributed by atoms with Gasteiger partial charge < -0.3 is 5.11 Å². The molecule has 0 unspecified atom stereocenters. The molecule has 0 aromatic heterocycles. The first-order valence-electron chi connectivity index (χ1n) is 7.41. The number of carbonyl (C=O) groups is 1. The topological polar surface area (TPSA) is 37.3 Å². The molecule has 0 aromatic carbocycles. The van der Waals surface area contributed by atoms with E-state index < -0.39 is 5.97 Å². The van der Waals surface area contributed by atoms with Gasteiger partial charge >= 0.3 is 5.97 Å².